The third kappa shape index (κ3) is 3.36. The van der Waals surface area contributed by atoms with E-state index in [4.69, 9.17) is 14.6 Å². The molecule has 108 valence electrons. The fourth-order valence-corrected chi connectivity index (χ4v) is 2.33. The van der Waals surface area contributed by atoms with Crippen LogP contribution < -0.4 is 5.32 Å². The molecule has 2 N–H and O–H groups in total. The normalized spacial score (nSPS) is 28.8. The zero-order valence-electron chi connectivity index (χ0n) is 11.3. The molecule has 0 aliphatic carbocycles. The van der Waals surface area contributed by atoms with E-state index in [1.165, 1.54) is 0 Å². The van der Waals surface area contributed by atoms with Gasteiger partial charge in [0.25, 0.3) is 0 Å². The standard InChI is InChI=1S/C12H20N2O5/c1-11(3-4-18-8-11)13-10(17)14-6-12(2,7-14)19-5-9(15)16/h3-8H2,1-2H3,(H,13,17)(H,15,16). The van der Waals surface area contributed by atoms with Crippen molar-refractivity contribution in [3.8, 4) is 0 Å². The molecule has 7 nitrogen and oxygen atoms in total. The Labute approximate surface area is 111 Å². The van der Waals surface area contributed by atoms with Crippen molar-refractivity contribution in [2.45, 2.75) is 31.4 Å². The van der Waals surface area contributed by atoms with Crippen LogP contribution in [0.5, 0.6) is 0 Å². The zero-order chi connectivity index (χ0) is 14.1. The van der Waals surface area contributed by atoms with Crippen molar-refractivity contribution >= 4 is 12.0 Å². The molecule has 0 aromatic rings. The van der Waals surface area contributed by atoms with Gasteiger partial charge in [0.15, 0.2) is 0 Å². The fraction of sp³-hybridized carbons (Fsp3) is 0.833. The van der Waals surface area contributed by atoms with E-state index < -0.39 is 11.6 Å². The third-order valence-electron chi connectivity index (χ3n) is 3.51. The Morgan fingerprint density at radius 2 is 2.11 bits per heavy atom. The first-order chi connectivity index (χ1) is 8.82. The summed E-state index contributed by atoms with van der Waals surface area (Å²) in [5, 5.41) is 11.5. The molecule has 2 aliphatic rings. The highest BCUT2D eigenvalue weighted by Crippen LogP contribution is 2.26. The maximum Gasteiger partial charge on any atom is 0.329 e. The summed E-state index contributed by atoms with van der Waals surface area (Å²) < 4.78 is 10.5. The molecule has 0 aromatic heterocycles. The van der Waals surface area contributed by atoms with Gasteiger partial charge in [-0.1, -0.05) is 0 Å². The van der Waals surface area contributed by atoms with Crippen molar-refractivity contribution in [3.63, 3.8) is 0 Å². The second kappa shape index (κ2) is 4.97. The average molecular weight is 272 g/mol. The fourth-order valence-electron chi connectivity index (χ4n) is 2.33. The Morgan fingerprint density at radius 1 is 1.42 bits per heavy atom. The second-order valence-corrected chi connectivity index (χ2v) is 5.78. The predicted octanol–water partition coefficient (Wildman–Crippen LogP) is 0.0505. The van der Waals surface area contributed by atoms with Crippen LogP contribution in [0, 0.1) is 0 Å². The molecule has 2 aliphatic heterocycles. The van der Waals surface area contributed by atoms with E-state index >= 15 is 0 Å². The first-order valence-corrected chi connectivity index (χ1v) is 6.33. The smallest absolute Gasteiger partial charge is 0.329 e. The Bertz CT molecular complexity index is 372. The highest BCUT2D eigenvalue weighted by Gasteiger charge is 2.44. The van der Waals surface area contributed by atoms with Crippen LogP contribution in [0.3, 0.4) is 0 Å². The molecule has 0 aromatic carbocycles. The molecule has 1 unspecified atom stereocenters. The highest BCUT2D eigenvalue weighted by atomic mass is 16.5. The van der Waals surface area contributed by atoms with Gasteiger partial charge in [-0.25, -0.2) is 9.59 Å². The number of carboxylic acids is 1. The van der Waals surface area contributed by atoms with Gasteiger partial charge in [0.2, 0.25) is 0 Å². The van der Waals surface area contributed by atoms with E-state index in [1.807, 2.05) is 6.92 Å². The van der Waals surface area contributed by atoms with Crippen molar-refractivity contribution in [1.82, 2.24) is 10.2 Å². The van der Waals surface area contributed by atoms with Crippen molar-refractivity contribution in [2.75, 3.05) is 32.9 Å². The molecule has 2 fully saturated rings. The van der Waals surface area contributed by atoms with Crippen LogP contribution in [0.25, 0.3) is 0 Å². The Kier molecular flexibility index (Phi) is 3.69. The van der Waals surface area contributed by atoms with E-state index in [0.29, 0.717) is 26.3 Å². The van der Waals surface area contributed by atoms with Gasteiger partial charge in [0, 0.05) is 6.61 Å². The number of rotatable bonds is 4. The molecule has 0 spiro atoms. The summed E-state index contributed by atoms with van der Waals surface area (Å²) in [5.41, 5.74) is -0.853. The number of hydrogen-bond donors (Lipinski definition) is 2. The van der Waals surface area contributed by atoms with Crippen molar-refractivity contribution in [2.24, 2.45) is 0 Å². The van der Waals surface area contributed by atoms with Gasteiger partial charge in [-0.2, -0.15) is 0 Å². The molecule has 0 bridgehead atoms. The van der Waals surface area contributed by atoms with Crippen LogP contribution in [0.2, 0.25) is 0 Å². The number of ether oxygens (including phenoxy) is 2. The van der Waals surface area contributed by atoms with Gasteiger partial charge in [0.1, 0.15) is 12.2 Å². The maximum absolute atomic E-state index is 12.0. The van der Waals surface area contributed by atoms with Gasteiger partial charge in [0.05, 0.1) is 25.2 Å². The molecular weight excluding hydrogens is 252 g/mol. The number of carbonyl (C=O) groups excluding carboxylic acids is 1. The van der Waals surface area contributed by atoms with Crippen LogP contribution in [0.4, 0.5) is 4.79 Å². The molecule has 19 heavy (non-hydrogen) atoms. The lowest BCUT2D eigenvalue weighted by molar-refractivity contribution is -0.159. The molecule has 0 saturated carbocycles. The van der Waals surface area contributed by atoms with E-state index in [2.05, 4.69) is 5.32 Å². The molecule has 2 heterocycles. The number of likely N-dealkylation sites (tertiary alicyclic amines) is 1. The number of hydrogen-bond acceptors (Lipinski definition) is 4. The number of carbonyl (C=O) groups is 2. The lowest BCUT2D eigenvalue weighted by Gasteiger charge is -2.47. The summed E-state index contributed by atoms with van der Waals surface area (Å²) in [6.45, 7) is 5.43. The first kappa shape index (κ1) is 14.1. The molecule has 2 rings (SSSR count). The summed E-state index contributed by atoms with van der Waals surface area (Å²) in [6, 6.07) is -0.149. The topological polar surface area (TPSA) is 88.1 Å². The van der Waals surface area contributed by atoms with Gasteiger partial charge in [-0.3, -0.25) is 0 Å². The number of urea groups is 1. The minimum Gasteiger partial charge on any atom is -0.480 e. The zero-order valence-corrected chi connectivity index (χ0v) is 11.3. The number of aliphatic carboxylic acids is 1. The van der Waals surface area contributed by atoms with Gasteiger partial charge in [-0.05, 0) is 20.3 Å². The van der Waals surface area contributed by atoms with Crippen LogP contribution in [-0.4, -0.2) is 66.1 Å². The van der Waals surface area contributed by atoms with Crippen LogP contribution >= 0.6 is 0 Å². The molecular formula is C12H20N2O5. The van der Waals surface area contributed by atoms with Crippen molar-refractivity contribution in [1.29, 1.82) is 0 Å². The summed E-state index contributed by atoms with van der Waals surface area (Å²) in [7, 11) is 0. The van der Waals surface area contributed by atoms with E-state index in [9.17, 15) is 9.59 Å². The van der Waals surface area contributed by atoms with E-state index in [-0.39, 0.29) is 18.2 Å². The van der Waals surface area contributed by atoms with Gasteiger partial charge >= 0.3 is 12.0 Å². The predicted molar refractivity (Wildman–Crippen MR) is 65.9 cm³/mol. The minimum absolute atomic E-state index is 0.149. The SMILES string of the molecule is CC1(NC(=O)N2CC(C)(OCC(=O)O)C2)CCOC1. The number of nitrogens with one attached hydrogen (secondary N) is 1. The van der Waals surface area contributed by atoms with E-state index in [0.717, 1.165) is 6.42 Å². The maximum atomic E-state index is 12.0. The first-order valence-electron chi connectivity index (χ1n) is 6.33. The Hall–Kier alpha value is -1.34. The quantitative estimate of drug-likeness (QED) is 0.755. The Balaban J connectivity index is 1.76. The molecule has 2 amide bonds. The number of carboxylic acid groups (broad SMARTS) is 1. The molecule has 0 radical (unpaired) electrons. The Morgan fingerprint density at radius 3 is 2.63 bits per heavy atom. The van der Waals surface area contributed by atoms with Crippen LogP contribution in [0.15, 0.2) is 0 Å². The summed E-state index contributed by atoms with van der Waals surface area (Å²) in [5.74, 6) is -1.00. The molecule has 7 heteroatoms. The van der Waals surface area contributed by atoms with Crippen LogP contribution in [0.1, 0.15) is 20.3 Å². The summed E-state index contributed by atoms with van der Waals surface area (Å²) in [6.07, 6.45) is 0.805. The lowest BCUT2D eigenvalue weighted by atomic mass is 9.96. The van der Waals surface area contributed by atoms with E-state index in [1.54, 1.807) is 11.8 Å². The van der Waals surface area contributed by atoms with Gasteiger partial charge < -0.3 is 24.8 Å². The molecule has 1 atom stereocenters. The largest absolute Gasteiger partial charge is 0.480 e. The third-order valence-corrected chi connectivity index (χ3v) is 3.51. The summed E-state index contributed by atoms with van der Waals surface area (Å²) >= 11 is 0. The monoisotopic (exact) mass is 272 g/mol. The van der Waals surface area contributed by atoms with Crippen molar-refractivity contribution < 1.29 is 24.2 Å². The molecule has 2 saturated heterocycles. The minimum atomic E-state index is -1.00. The second-order valence-electron chi connectivity index (χ2n) is 5.78. The number of amides is 2. The number of nitrogens with zero attached hydrogens (tertiary/aromatic N) is 1. The van der Waals surface area contributed by atoms with Crippen LogP contribution in [-0.2, 0) is 14.3 Å². The highest BCUT2D eigenvalue weighted by molar-refractivity contribution is 5.76. The average Bonchev–Trinajstić information content (AvgIpc) is 2.69. The van der Waals surface area contributed by atoms with Gasteiger partial charge in [-0.15, -0.1) is 0 Å². The van der Waals surface area contributed by atoms with Crippen molar-refractivity contribution in [3.05, 3.63) is 0 Å². The summed E-state index contributed by atoms with van der Waals surface area (Å²) in [4.78, 5) is 24.1. The lowest BCUT2D eigenvalue weighted by Crippen LogP contribution is -2.67.